The predicted molar refractivity (Wildman–Crippen MR) is 75.5 cm³/mol. The molecule has 0 spiro atoms. The number of hydrogen-bond acceptors (Lipinski definition) is 3. The van der Waals surface area contributed by atoms with Crippen LogP contribution in [0.3, 0.4) is 0 Å². The summed E-state index contributed by atoms with van der Waals surface area (Å²) in [6, 6.07) is 10.9. The molecule has 98 valence electrons. The molecule has 5 heteroatoms. The van der Waals surface area contributed by atoms with E-state index in [1.54, 1.807) is 18.3 Å². The second-order valence-corrected chi connectivity index (χ2v) is 4.93. The molecule has 2 rings (SSSR count). The zero-order valence-electron chi connectivity index (χ0n) is 10.1. The number of halogens is 1. The second-order valence-electron chi connectivity index (χ2n) is 4.02. The van der Waals surface area contributed by atoms with Crippen molar-refractivity contribution < 1.29 is 9.90 Å². The van der Waals surface area contributed by atoms with E-state index in [1.807, 2.05) is 24.3 Å². The highest BCUT2D eigenvalue weighted by Gasteiger charge is 2.06. The molecule has 0 fully saturated rings. The highest BCUT2D eigenvalue weighted by molar-refractivity contribution is 9.10. The molecule has 0 aliphatic rings. The van der Waals surface area contributed by atoms with Gasteiger partial charge in [-0.15, -0.1) is 0 Å². The van der Waals surface area contributed by atoms with Crippen molar-refractivity contribution in [3.05, 3.63) is 63.9 Å². The first kappa shape index (κ1) is 13.7. The van der Waals surface area contributed by atoms with E-state index in [9.17, 15) is 4.79 Å². The van der Waals surface area contributed by atoms with Crippen LogP contribution in [0, 0.1) is 0 Å². The number of benzene rings is 1. The van der Waals surface area contributed by atoms with Crippen molar-refractivity contribution >= 4 is 21.8 Å². The smallest absolute Gasteiger partial charge is 0.270 e. The van der Waals surface area contributed by atoms with Gasteiger partial charge in [0.15, 0.2) is 0 Å². The lowest BCUT2D eigenvalue weighted by Gasteiger charge is -2.05. The molecule has 0 atom stereocenters. The summed E-state index contributed by atoms with van der Waals surface area (Å²) in [4.78, 5) is 15.8. The normalized spacial score (nSPS) is 10.2. The van der Waals surface area contributed by atoms with Crippen LogP contribution in [-0.4, -0.2) is 16.0 Å². The zero-order chi connectivity index (χ0) is 13.7. The van der Waals surface area contributed by atoms with Crippen molar-refractivity contribution in [2.45, 2.75) is 13.2 Å². The molecule has 0 bridgehead atoms. The Morgan fingerprint density at radius 3 is 2.42 bits per heavy atom. The molecule has 0 saturated carbocycles. The number of nitrogens with one attached hydrogen (secondary N) is 1. The number of nitrogens with zero attached hydrogens (tertiary/aromatic N) is 1. The first-order valence-electron chi connectivity index (χ1n) is 5.77. The molecule has 0 saturated heterocycles. The first-order valence-corrected chi connectivity index (χ1v) is 6.57. The molecule has 1 aromatic heterocycles. The number of aliphatic hydroxyl groups excluding tert-OH is 1. The summed E-state index contributed by atoms with van der Waals surface area (Å²) in [5.74, 6) is -0.210. The summed E-state index contributed by atoms with van der Waals surface area (Å²) in [5, 5.41) is 11.7. The van der Waals surface area contributed by atoms with Gasteiger partial charge in [-0.3, -0.25) is 4.79 Å². The van der Waals surface area contributed by atoms with E-state index in [1.165, 1.54) is 0 Å². The van der Waals surface area contributed by atoms with E-state index < -0.39 is 0 Å². The van der Waals surface area contributed by atoms with Crippen LogP contribution in [0.25, 0.3) is 0 Å². The monoisotopic (exact) mass is 320 g/mol. The van der Waals surface area contributed by atoms with Gasteiger partial charge >= 0.3 is 0 Å². The van der Waals surface area contributed by atoms with Crippen LogP contribution in [0.15, 0.2) is 47.1 Å². The molecule has 0 radical (unpaired) electrons. The number of carbonyl (C=O) groups excluding carboxylic acids is 1. The van der Waals surface area contributed by atoms with E-state index in [0.717, 1.165) is 15.6 Å². The Morgan fingerprint density at radius 1 is 1.16 bits per heavy atom. The summed E-state index contributed by atoms with van der Waals surface area (Å²) in [6.07, 6.45) is 1.59. The van der Waals surface area contributed by atoms with Gasteiger partial charge in [-0.05, 0) is 39.2 Å². The van der Waals surface area contributed by atoms with Crippen LogP contribution in [0.5, 0.6) is 0 Å². The van der Waals surface area contributed by atoms with Crippen LogP contribution >= 0.6 is 15.9 Å². The minimum absolute atomic E-state index is 0.0233. The van der Waals surface area contributed by atoms with Gasteiger partial charge in [0, 0.05) is 17.2 Å². The van der Waals surface area contributed by atoms with Crippen LogP contribution < -0.4 is 5.32 Å². The largest absolute Gasteiger partial charge is 0.392 e. The van der Waals surface area contributed by atoms with Crippen molar-refractivity contribution in [2.75, 3.05) is 0 Å². The molecule has 19 heavy (non-hydrogen) atoms. The molecule has 0 aliphatic carbocycles. The third-order valence-corrected chi connectivity index (χ3v) is 3.09. The van der Waals surface area contributed by atoms with Gasteiger partial charge in [0.25, 0.3) is 5.91 Å². The zero-order valence-corrected chi connectivity index (χ0v) is 11.7. The van der Waals surface area contributed by atoms with Crippen molar-refractivity contribution in [1.29, 1.82) is 0 Å². The summed E-state index contributed by atoms with van der Waals surface area (Å²) >= 11 is 3.27. The predicted octanol–water partition coefficient (Wildman–Crippen LogP) is 2.27. The molecule has 0 aliphatic heterocycles. The fourth-order valence-corrected chi connectivity index (χ4v) is 1.78. The summed E-state index contributed by atoms with van der Waals surface area (Å²) in [5.41, 5.74) is 2.21. The van der Waals surface area contributed by atoms with Gasteiger partial charge in [-0.1, -0.05) is 24.3 Å². The van der Waals surface area contributed by atoms with Crippen LogP contribution in [0.4, 0.5) is 0 Å². The minimum Gasteiger partial charge on any atom is -0.392 e. The first-order chi connectivity index (χ1) is 9.19. The number of aromatic nitrogens is 1. The molecule has 2 N–H and O–H groups in total. The third kappa shape index (κ3) is 3.87. The van der Waals surface area contributed by atoms with Gasteiger partial charge in [0.1, 0.15) is 5.69 Å². The number of aliphatic hydroxyl groups is 1. The fourth-order valence-electron chi connectivity index (χ4n) is 1.55. The highest BCUT2D eigenvalue weighted by Crippen LogP contribution is 2.08. The Morgan fingerprint density at radius 2 is 1.84 bits per heavy atom. The fraction of sp³-hybridized carbons (Fsp3) is 0.143. The van der Waals surface area contributed by atoms with E-state index in [4.69, 9.17) is 5.11 Å². The average molecular weight is 321 g/mol. The molecule has 1 heterocycles. The minimum atomic E-state index is -0.210. The van der Waals surface area contributed by atoms with E-state index in [2.05, 4.69) is 26.2 Å². The number of amides is 1. The molecule has 1 aromatic carbocycles. The maximum atomic E-state index is 11.8. The Kier molecular flexibility index (Phi) is 4.65. The van der Waals surface area contributed by atoms with Gasteiger partial charge in [0.2, 0.25) is 0 Å². The topological polar surface area (TPSA) is 62.2 Å². The molecule has 0 unspecified atom stereocenters. The number of carbonyl (C=O) groups is 1. The van der Waals surface area contributed by atoms with Gasteiger partial charge in [-0.25, -0.2) is 4.98 Å². The molecular weight excluding hydrogens is 308 g/mol. The SMILES string of the molecule is O=C(NCc1ccc(CO)cc1)c1ccc(Br)cn1. The average Bonchev–Trinajstić information content (AvgIpc) is 2.46. The second kappa shape index (κ2) is 6.45. The van der Waals surface area contributed by atoms with Crippen molar-refractivity contribution in [3.8, 4) is 0 Å². The summed E-state index contributed by atoms with van der Waals surface area (Å²) < 4.78 is 0.837. The summed E-state index contributed by atoms with van der Waals surface area (Å²) in [6.45, 7) is 0.456. The third-order valence-electron chi connectivity index (χ3n) is 2.62. The molecule has 2 aromatic rings. The van der Waals surface area contributed by atoms with Gasteiger partial charge < -0.3 is 10.4 Å². The summed E-state index contributed by atoms with van der Waals surface area (Å²) in [7, 11) is 0. The Balaban J connectivity index is 1.94. The quantitative estimate of drug-likeness (QED) is 0.908. The molecular formula is C14H13BrN2O2. The maximum Gasteiger partial charge on any atom is 0.270 e. The molecule has 4 nitrogen and oxygen atoms in total. The van der Waals surface area contributed by atoms with Crippen LogP contribution in [-0.2, 0) is 13.2 Å². The van der Waals surface area contributed by atoms with E-state index in [-0.39, 0.29) is 12.5 Å². The number of hydrogen-bond donors (Lipinski definition) is 2. The Labute approximate surface area is 119 Å². The highest BCUT2D eigenvalue weighted by atomic mass is 79.9. The van der Waals surface area contributed by atoms with Gasteiger partial charge in [-0.2, -0.15) is 0 Å². The lowest BCUT2D eigenvalue weighted by atomic mass is 10.1. The Hall–Kier alpha value is -1.72. The lowest BCUT2D eigenvalue weighted by molar-refractivity contribution is 0.0946. The number of rotatable bonds is 4. The van der Waals surface area contributed by atoms with E-state index in [0.29, 0.717) is 12.2 Å². The van der Waals surface area contributed by atoms with Crippen LogP contribution in [0.2, 0.25) is 0 Å². The number of pyridine rings is 1. The maximum absolute atomic E-state index is 11.8. The van der Waals surface area contributed by atoms with Crippen molar-refractivity contribution in [3.63, 3.8) is 0 Å². The van der Waals surface area contributed by atoms with E-state index >= 15 is 0 Å². The van der Waals surface area contributed by atoms with Crippen molar-refractivity contribution in [2.24, 2.45) is 0 Å². The molecule has 1 amide bonds. The van der Waals surface area contributed by atoms with Crippen LogP contribution in [0.1, 0.15) is 21.6 Å². The Bertz CT molecular complexity index is 553. The standard InChI is InChI=1S/C14H13BrN2O2/c15-12-5-6-13(16-8-12)14(19)17-7-10-1-3-11(9-18)4-2-10/h1-6,8,18H,7,9H2,(H,17,19). The van der Waals surface area contributed by atoms with Gasteiger partial charge in [0.05, 0.1) is 6.61 Å². The van der Waals surface area contributed by atoms with Crippen molar-refractivity contribution in [1.82, 2.24) is 10.3 Å². The lowest BCUT2D eigenvalue weighted by Crippen LogP contribution is -2.23.